The zero-order chi connectivity index (χ0) is 13.5. The Labute approximate surface area is 117 Å². The average molecular weight is 268 g/mol. The minimum absolute atomic E-state index is 0.265. The molecule has 4 rings (SSSR count). The van der Waals surface area contributed by atoms with E-state index < -0.39 is 0 Å². The number of aromatic nitrogens is 1. The number of carbonyl (C=O) groups is 1. The number of hydrogen-bond acceptors (Lipinski definition) is 3. The topological polar surface area (TPSA) is 43.3 Å². The van der Waals surface area contributed by atoms with Crippen molar-refractivity contribution in [2.45, 2.75) is 19.3 Å². The molecule has 20 heavy (non-hydrogen) atoms. The predicted molar refractivity (Wildman–Crippen MR) is 77.0 cm³/mol. The fourth-order valence-corrected chi connectivity index (χ4v) is 3.04. The summed E-state index contributed by atoms with van der Waals surface area (Å²) in [5, 5.41) is 3.32. The first-order valence-electron chi connectivity index (χ1n) is 7.07. The highest BCUT2D eigenvalue weighted by Gasteiger charge is 2.21. The molecule has 0 spiro atoms. The molecule has 4 heteroatoms. The number of fused-ring (bicyclic) bond motifs is 2. The van der Waals surface area contributed by atoms with Crippen LogP contribution >= 0.6 is 0 Å². The van der Waals surface area contributed by atoms with Crippen LogP contribution < -0.4 is 10.1 Å². The Morgan fingerprint density at radius 2 is 2.15 bits per heavy atom. The van der Waals surface area contributed by atoms with Crippen LogP contribution in [0, 0.1) is 0 Å². The summed E-state index contributed by atoms with van der Waals surface area (Å²) in [7, 11) is 0. The molecule has 0 atom stereocenters. The molecular formula is C16H16N2O2. The Bertz CT molecular complexity index is 688. The third-order valence-electron chi connectivity index (χ3n) is 4.03. The van der Waals surface area contributed by atoms with Gasteiger partial charge in [0.15, 0.2) is 5.78 Å². The Balaban J connectivity index is 1.80. The molecule has 1 aliphatic heterocycles. The number of nitrogens with zero attached hydrogens (tertiary/aromatic N) is 1. The van der Waals surface area contributed by atoms with E-state index in [-0.39, 0.29) is 5.78 Å². The molecule has 1 aromatic heterocycles. The fraction of sp³-hybridized carbons (Fsp3) is 0.312. The second-order valence-electron chi connectivity index (χ2n) is 5.28. The summed E-state index contributed by atoms with van der Waals surface area (Å²) in [4.78, 5) is 11.9. The standard InChI is InChI=1S/C16H16N2O2/c19-15-3-1-2-14-12(15)6-8-18(14)11-4-5-13-16(10-11)20-9-7-17-13/h4-6,8,10,17H,1-3,7,9H2. The molecule has 2 heterocycles. The normalized spacial score (nSPS) is 16.9. The lowest BCUT2D eigenvalue weighted by Gasteiger charge is -2.21. The van der Waals surface area contributed by atoms with Crippen LogP contribution in [0.1, 0.15) is 28.9 Å². The van der Waals surface area contributed by atoms with E-state index >= 15 is 0 Å². The van der Waals surface area contributed by atoms with E-state index in [1.165, 1.54) is 0 Å². The molecule has 1 N–H and O–H groups in total. The minimum Gasteiger partial charge on any atom is -0.490 e. The molecule has 0 saturated carbocycles. The largest absolute Gasteiger partial charge is 0.490 e. The maximum atomic E-state index is 11.9. The first-order valence-corrected chi connectivity index (χ1v) is 7.07. The molecule has 2 aliphatic rings. The predicted octanol–water partition coefficient (Wildman–Crippen LogP) is 2.80. The molecule has 1 aromatic carbocycles. The van der Waals surface area contributed by atoms with Crippen molar-refractivity contribution in [1.82, 2.24) is 4.57 Å². The van der Waals surface area contributed by atoms with Crippen LogP contribution in [0.15, 0.2) is 30.5 Å². The zero-order valence-corrected chi connectivity index (χ0v) is 11.2. The van der Waals surface area contributed by atoms with Crippen molar-refractivity contribution < 1.29 is 9.53 Å². The summed E-state index contributed by atoms with van der Waals surface area (Å²) in [5.41, 5.74) is 4.11. The molecule has 0 radical (unpaired) electrons. The number of anilines is 1. The van der Waals surface area contributed by atoms with Crippen LogP contribution in [0.25, 0.3) is 5.69 Å². The van der Waals surface area contributed by atoms with Crippen LogP contribution in [-0.2, 0) is 6.42 Å². The molecule has 0 fully saturated rings. The highest BCUT2D eigenvalue weighted by atomic mass is 16.5. The second-order valence-corrected chi connectivity index (χ2v) is 5.28. The molecule has 1 aliphatic carbocycles. The smallest absolute Gasteiger partial charge is 0.164 e. The number of ether oxygens (including phenoxy) is 1. The molecule has 0 amide bonds. The highest BCUT2D eigenvalue weighted by molar-refractivity contribution is 5.98. The Morgan fingerprint density at radius 3 is 3.10 bits per heavy atom. The molecule has 0 bridgehead atoms. The van der Waals surface area contributed by atoms with Crippen LogP contribution in [-0.4, -0.2) is 23.5 Å². The van der Waals surface area contributed by atoms with E-state index in [0.717, 1.165) is 47.8 Å². The van der Waals surface area contributed by atoms with Crippen molar-refractivity contribution in [2.75, 3.05) is 18.5 Å². The van der Waals surface area contributed by atoms with E-state index in [9.17, 15) is 4.79 Å². The Morgan fingerprint density at radius 1 is 1.20 bits per heavy atom. The number of hydrogen-bond donors (Lipinski definition) is 1. The van der Waals surface area contributed by atoms with Gasteiger partial charge in [0, 0.05) is 42.2 Å². The van der Waals surface area contributed by atoms with Gasteiger partial charge in [0.2, 0.25) is 0 Å². The average Bonchev–Trinajstić information content (AvgIpc) is 2.92. The quantitative estimate of drug-likeness (QED) is 0.865. The van der Waals surface area contributed by atoms with Gasteiger partial charge in [-0.05, 0) is 31.0 Å². The van der Waals surface area contributed by atoms with Crippen molar-refractivity contribution in [1.29, 1.82) is 0 Å². The highest BCUT2D eigenvalue weighted by Crippen LogP contribution is 2.32. The van der Waals surface area contributed by atoms with Gasteiger partial charge in [-0.2, -0.15) is 0 Å². The van der Waals surface area contributed by atoms with Gasteiger partial charge in [-0.25, -0.2) is 0 Å². The van der Waals surface area contributed by atoms with Crippen LogP contribution in [0.3, 0.4) is 0 Å². The van der Waals surface area contributed by atoms with E-state index in [2.05, 4.69) is 16.0 Å². The maximum absolute atomic E-state index is 11.9. The molecule has 2 aromatic rings. The molecule has 0 saturated heterocycles. The van der Waals surface area contributed by atoms with Crippen LogP contribution in [0.2, 0.25) is 0 Å². The Kier molecular flexibility index (Phi) is 2.55. The van der Waals surface area contributed by atoms with Crippen molar-refractivity contribution in [2.24, 2.45) is 0 Å². The summed E-state index contributed by atoms with van der Waals surface area (Å²) >= 11 is 0. The molecule has 0 unspecified atom stereocenters. The van der Waals surface area contributed by atoms with Crippen molar-refractivity contribution in [3.63, 3.8) is 0 Å². The zero-order valence-electron chi connectivity index (χ0n) is 11.2. The van der Waals surface area contributed by atoms with Crippen LogP contribution in [0.4, 0.5) is 5.69 Å². The first kappa shape index (κ1) is 11.6. The summed E-state index contributed by atoms with van der Waals surface area (Å²) in [6, 6.07) is 8.09. The summed E-state index contributed by atoms with van der Waals surface area (Å²) in [5.74, 6) is 1.15. The van der Waals surface area contributed by atoms with Gasteiger partial charge in [-0.1, -0.05) is 0 Å². The number of Topliss-reactive ketones (excluding diaryl/α,β-unsaturated/α-hetero) is 1. The summed E-state index contributed by atoms with van der Waals surface area (Å²) in [6.07, 6.45) is 4.57. The lowest BCUT2D eigenvalue weighted by molar-refractivity contribution is 0.0972. The van der Waals surface area contributed by atoms with Gasteiger partial charge >= 0.3 is 0 Å². The lowest BCUT2D eigenvalue weighted by Crippen LogP contribution is -2.18. The maximum Gasteiger partial charge on any atom is 0.164 e. The summed E-state index contributed by atoms with van der Waals surface area (Å²) < 4.78 is 7.80. The van der Waals surface area contributed by atoms with Gasteiger partial charge in [0.25, 0.3) is 0 Å². The number of ketones is 1. The van der Waals surface area contributed by atoms with Crippen molar-refractivity contribution >= 4 is 11.5 Å². The van der Waals surface area contributed by atoms with Crippen molar-refractivity contribution in [3.05, 3.63) is 41.7 Å². The van der Waals surface area contributed by atoms with E-state index in [4.69, 9.17) is 4.74 Å². The van der Waals surface area contributed by atoms with Gasteiger partial charge in [0.1, 0.15) is 12.4 Å². The van der Waals surface area contributed by atoms with E-state index in [1.807, 2.05) is 24.4 Å². The fourth-order valence-electron chi connectivity index (χ4n) is 3.04. The second kappa shape index (κ2) is 4.40. The number of carbonyl (C=O) groups excluding carboxylic acids is 1. The van der Waals surface area contributed by atoms with Crippen molar-refractivity contribution in [3.8, 4) is 11.4 Å². The Hall–Kier alpha value is -2.23. The van der Waals surface area contributed by atoms with Gasteiger partial charge in [0.05, 0.1) is 5.69 Å². The SMILES string of the molecule is O=C1CCCc2c1ccn2-c1ccc2c(c1)OCCN2. The van der Waals surface area contributed by atoms with Crippen LogP contribution in [0.5, 0.6) is 5.75 Å². The van der Waals surface area contributed by atoms with Gasteiger partial charge in [-0.3, -0.25) is 4.79 Å². The number of benzene rings is 1. The molecule has 102 valence electrons. The van der Waals surface area contributed by atoms with E-state index in [0.29, 0.717) is 13.0 Å². The number of rotatable bonds is 1. The minimum atomic E-state index is 0.265. The molecule has 4 nitrogen and oxygen atoms in total. The first-order chi connectivity index (χ1) is 9.83. The lowest BCUT2D eigenvalue weighted by atomic mass is 9.97. The third kappa shape index (κ3) is 1.72. The summed E-state index contributed by atoms with van der Waals surface area (Å²) in [6.45, 7) is 1.54. The number of nitrogens with one attached hydrogen (secondary N) is 1. The molecular weight excluding hydrogens is 252 g/mol. The van der Waals surface area contributed by atoms with Gasteiger partial charge in [-0.15, -0.1) is 0 Å². The monoisotopic (exact) mass is 268 g/mol. The van der Waals surface area contributed by atoms with Gasteiger partial charge < -0.3 is 14.6 Å². The third-order valence-corrected chi connectivity index (χ3v) is 4.03. The van der Waals surface area contributed by atoms with E-state index in [1.54, 1.807) is 0 Å².